The Hall–Kier alpha value is -2.10. The normalized spacial score (nSPS) is 11.4. The third-order valence-corrected chi connectivity index (χ3v) is 7.31. The third-order valence-electron chi connectivity index (χ3n) is 4.65. The second kappa shape index (κ2) is 10.8. The number of nitrogens with zero attached hydrogens (tertiary/aromatic N) is 1. The van der Waals surface area contributed by atoms with Crippen molar-refractivity contribution in [3.05, 3.63) is 46.4 Å². The molecule has 2 aromatic rings. The lowest BCUT2D eigenvalue weighted by molar-refractivity contribution is -0.116. The summed E-state index contributed by atoms with van der Waals surface area (Å²) in [5, 5.41) is 2.77. The molecule has 1 N–H and O–H groups in total. The van der Waals surface area contributed by atoms with Crippen LogP contribution in [0.1, 0.15) is 25.8 Å². The van der Waals surface area contributed by atoms with Gasteiger partial charge in [0, 0.05) is 19.5 Å². The Labute approximate surface area is 186 Å². The van der Waals surface area contributed by atoms with Crippen LogP contribution in [0.15, 0.2) is 45.8 Å². The van der Waals surface area contributed by atoms with Gasteiger partial charge in [0.05, 0.1) is 29.3 Å². The lowest BCUT2D eigenvalue weighted by Crippen LogP contribution is -2.30. The maximum atomic E-state index is 12.8. The van der Waals surface area contributed by atoms with Crippen molar-refractivity contribution in [2.45, 2.75) is 31.6 Å². The minimum absolute atomic E-state index is 0.112. The number of hydrogen-bond acceptors (Lipinski definition) is 5. The maximum absolute atomic E-state index is 12.8. The number of carbonyl (C=O) groups is 1. The monoisotopic (exact) mass is 498 g/mol. The molecule has 2 aromatic carbocycles. The number of amides is 1. The molecular weight excluding hydrogens is 472 g/mol. The second-order valence-electron chi connectivity index (χ2n) is 6.47. The number of benzene rings is 2. The van der Waals surface area contributed by atoms with Crippen LogP contribution in [-0.2, 0) is 21.2 Å². The smallest absolute Gasteiger partial charge is 0.243 e. The predicted molar refractivity (Wildman–Crippen MR) is 121 cm³/mol. The number of sulfonamides is 1. The first-order valence-electron chi connectivity index (χ1n) is 9.57. The quantitative estimate of drug-likeness (QED) is 0.533. The van der Waals surface area contributed by atoms with Crippen LogP contribution in [-0.4, -0.2) is 45.9 Å². The number of ether oxygens (including phenoxy) is 2. The summed E-state index contributed by atoms with van der Waals surface area (Å²) in [6.07, 6.45) is 0.753. The Kier molecular flexibility index (Phi) is 8.69. The lowest BCUT2D eigenvalue weighted by Gasteiger charge is -2.19. The molecule has 0 aliphatic heterocycles. The summed E-state index contributed by atoms with van der Waals surface area (Å²) < 4.78 is 38.2. The van der Waals surface area contributed by atoms with Gasteiger partial charge in [-0.15, -0.1) is 0 Å². The van der Waals surface area contributed by atoms with Gasteiger partial charge in [0.1, 0.15) is 11.5 Å². The Morgan fingerprint density at radius 2 is 1.67 bits per heavy atom. The first-order chi connectivity index (χ1) is 14.3. The average molecular weight is 499 g/mol. The van der Waals surface area contributed by atoms with Crippen LogP contribution in [0.4, 0.5) is 5.69 Å². The van der Waals surface area contributed by atoms with Crippen molar-refractivity contribution in [2.24, 2.45) is 0 Å². The number of aryl methyl sites for hydroxylation is 1. The van der Waals surface area contributed by atoms with E-state index in [0.717, 1.165) is 15.8 Å². The molecule has 0 spiro atoms. The molecule has 0 saturated heterocycles. The van der Waals surface area contributed by atoms with Crippen LogP contribution < -0.4 is 14.8 Å². The van der Waals surface area contributed by atoms with Crippen molar-refractivity contribution in [1.29, 1.82) is 0 Å². The van der Waals surface area contributed by atoms with Crippen LogP contribution >= 0.6 is 15.9 Å². The third kappa shape index (κ3) is 5.74. The highest BCUT2D eigenvalue weighted by Crippen LogP contribution is 2.29. The number of carbonyl (C=O) groups excluding carboxylic acids is 1. The number of halogens is 1. The molecule has 9 heteroatoms. The Balaban J connectivity index is 2.16. The van der Waals surface area contributed by atoms with E-state index in [-0.39, 0.29) is 17.2 Å². The fraction of sp³-hybridized carbons (Fsp3) is 0.381. The minimum Gasteiger partial charge on any atom is -0.496 e. The molecule has 0 unspecified atom stereocenters. The number of nitrogens with one attached hydrogen (secondary N) is 1. The molecule has 1 amide bonds. The zero-order valence-corrected chi connectivity index (χ0v) is 20.0. The van der Waals surface area contributed by atoms with Gasteiger partial charge in [-0.25, -0.2) is 8.42 Å². The molecule has 2 rings (SSSR count). The topological polar surface area (TPSA) is 84.9 Å². The zero-order chi connectivity index (χ0) is 22.3. The SMILES string of the molecule is CCN(CC)S(=O)(=O)c1ccc(OC)c(NC(=O)CCc2ccc(OC)c(Br)c2)c1. The van der Waals surface area contributed by atoms with Gasteiger partial charge in [-0.2, -0.15) is 4.31 Å². The van der Waals surface area contributed by atoms with E-state index in [0.29, 0.717) is 30.9 Å². The first-order valence-corrected chi connectivity index (χ1v) is 11.8. The summed E-state index contributed by atoms with van der Waals surface area (Å²) >= 11 is 3.43. The Bertz CT molecular complexity index is 991. The summed E-state index contributed by atoms with van der Waals surface area (Å²) in [6.45, 7) is 4.30. The van der Waals surface area contributed by atoms with Crippen molar-refractivity contribution in [3.63, 3.8) is 0 Å². The maximum Gasteiger partial charge on any atom is 0.243 e. The highest BCUT2D eigenvalue weighted by molar-refractivity contribution is 9.10. The van der Waals surface area contributed by atoms with Crippen molar-refractivity contribution in [1.82, 2.24) is 4.31 Å². The molecule has 164 valence electrons. The largest absolute Gasteiger partial charge is 0.496 e. The van der Waals surface area contributed by atoms with Gasteiger partial charge in [-0.05, 0) is 58.2 Å². The predicted octanol–water partition coefficient (Wildman–Crippen LogP) is 4.07. The molecule has 0 radical (unpaired) electrons. The Morgan fingerprint density at radius 3 is 2.23 bits per heavy atom. The number of rotatable bonds is 10. The van der Waals surface area contributed by atoms with Crippen LogP contribution in [0.3, 0.4) is 0 Å². The summed E-state index contributed by atoms with van der Waals surface area (Å²) in [5.41, 5.74) is 1.30. The molecule has 0 aliphatic carbocycles. The molecule has 0 aromatic heterocycles. The van der Waals surface area contributed by atoms with Crippen LogP contribution in [0.5, 0.6) is 11.5 Å². The van der Waals surface area contributed by atoms with Crippen molar-refractivity contribution < 1.29 is 22.7 Å². The van der Waals surface area contributed by atoms with E-state index in [1.165, 1.54) is 23.5 Å². The molecule has 7 nitrogen and oxygen atoms in total. The van der Waals surface area contributed by atoms with Crippen LogP contribution in [0, 0.1) is 0 Å². The number of methoxy groups -OCH3 is 2. The minimum atomic E-state index is -3.64. The van der Waals surface area contributed by atoms with Crippen LogP contribution in [0.2, 0.25) is 0 Å². The van der Waals surface area contributed by atoms with E-state index in [1.807, 2.05) is 18.2 Å². The highest BCUT2D eigenvalue weighted by atomic mass is 79.9. The fourth-order valence-electron chi connectivity index (χ4n) is 2.99. The molecule has 0 heterocycles. The molecular formula is C21H27BrN2O5S. The van der Waals surface area contributed by atoms with Crippen molar-refractivity contribution >= 4 is 37.5 Å². The van der Waals surface area contributed by atoms with Crippen molar-refractivity contribution in [2.75, 3.05) is 32.6 Å². The van der Waals surface area contributed by atoms with E-state index in [9.17, 15) is 13.2 Å². The van der Waals surface area contributed by atoms with E-state index in [4.69, 9.17) is 9.47 Å². The van der Waals surface area contributed by atoms with Gasteiger partial charge in [-0.3, -0.25) is 4.79 Å². The molecule has 0 fully saturated rings. The second-order valence-corrected chi connectivity index (χ2v) is 9.26. The summed E-state index contributed by atoms with van der Waals surface area (Å²) in [7, 11) is -0.579. The van der Waals surface area contributed by atoms with Crippen molar-refractivity contribution in [3.8, 4) is 11.5 Å². The van der Waals surface area contributed by atoms with E-state index >= 15 is 0 Å². The van der Waals surface area contributed by atoms with Gasteiger partial charge < -0.3 is 14.8 Å². The molecule has 0 bridgehead atoms. The Morgan fingerprint density at radius 1 is 1.03 bits per heavy atom. The van der Waals surface area contributed by atoms with E-state index in [1.54, 1.807) is 27.0 Å². The molecule has 30 heavy (non-hydrogen) atoms. The standard InChI is InChI=1S/C21H27BrN2O5S/c1-5-24(6-2)30(26,27)16-9-11-20(29-4)18(14-16)23-21(25)12-8-15-7-10-19(28-3)17(22)13-15/h7,9-11,13-14H,5-6,8,12H2,1-4H3,(H,23,25). The number of anilines is 1. The summed E-state index contributed by atoms with van der Waals surface area (Å²) in [5.74, 6) is 0.880. The van der Waals surface area contributed by atoms with Gasteiger partial charge >= 0.3 is 0 Å². The summed E-state index contributed by atoms with van der Waals surface area (Å²) in [6, 6.07) is 10.1. The lowest BCUT2D eigenvalue weighted by atomic mass is 10.1. The van der Waals surface area contributed by atoms with Gasteiger partial charge in [0.15, 0.2) is 0 Å². The number of hydrogen-bond donors (Lipinski definition) is 1. The van der Waals surface area contributed by atoms with Gasteiger partial charge in [0.2, 0.25) is 15.9 Å². The van der Waals surface area contributed by atoms with E-state index < -0.39 is 10.0 Å². The highest BCUT2D eigenvalue weighted by Gasteiger charge is 2.23. The molecule has 0 aliphatic rings. The van der Waals surface area contributed by atoms with Gasteiger partial charge in [-0.1, -0.05) is 19.9 Å². The van der Waals surface area contributed by atoms with E-state index in [2.05, 4.69) is 21.2 Å². The first kappa shape index (κ1) is 24.2. The summed E-state index contributed by atoms with van der Waals surface area (Å²) in [4.78, 5) is 12.6. The average Bonchev–Trinajstić information content (AvgIpc) is 2.73. The zero-order valence-electron chi connectivity index (χ0n) is 17.6. The van der Waals surface area contributed by atoms with Crippen LogP contribution in [0.25, 0.3) is 0 Å². The van der Waals surface area contributed by atoms with Gasteiger partial charge in [0.25, 0.3) is 0 Å². The molecule has 0 atom stereocenters. The fourth-order valence-corrected chi connectivity index (χ4v) is 5.07. The molecule has 0 saturated carbocycles.